The van der Waals surface area contributed by atoms with Gasteiger partial charge in [0.15, 0.2) is 0 Å². The molecule has 2 atom stereocenters. The van der Waals surface area contributed by atoms with Crippen LogP contribution in [0, 0.1) is 11.8 Å². The van der Waals surface area contributed by atoms with Gasteiger partial charge in [-0.25, -0.2) is 9.97 Å². The zero-order chi connectivity index (χ0) is 13.8. The maximum Gasteiger partial charge on any atom is 0.225 e. The molecule has 0 bridgehead atoms. The second kappa shape index (κ2) is 6.33. The Hall–Kier alpha value is -1.16. The SMILES string of the molecule is CCC(N)Cc1cnc(N2CCC(C(C)C)C2)nc1. The predicted octanol–water partition coefficient (Wildman–Crippen LogP) is 2.24. The van der Waals surface area contributed by atoms with E-state index in [9.17, 15) is 0 Å². The molecule has 1 aliphatic rings. The first kappa shape index (κ1) is 14.3. The summed E-state index contributed by atoms with van der Waals surface area (Å²) in [6, 6.07) is 0.214. The van der Waals surface area contributed by atoms with Gasteiger partial charge in [0, 0.05) is 31.5 Å². The maximum absolute atomic E-state index is 5.95. The van der Waals surface area contributed by atoms with Crippen LogP contribution in [0.3, 0.4) is 0 Å². The van der Waals surface area contributed by atoms with Crippen LogP contribution >= 0.6 is 0 Å². The fraction of sp³-hybridized carbons (Fsp3) is 0.733. The van der Waals surface area contributed by atoms with E-state index >= 15 is 0 Å². The van der Waals surface area contributed by atoms with Crippen molar-refractivity contribution in [2.75, 3.05) is 18.0 Å². The summed E-state index contributed by atoms with van der Waals surface area (Å²) in [5.74, 6) is 2.39. The molecule has 106 valence electrons. The summed E-state index contributed by atoms with van der Waals surface area (Å²) in [6.07, 6.45) is 6.97. The highest BCUT2D eigenvalue weighted by Gasteiger charge is 2.26. The van der Waals surface area contributed by atoms with Crippen LogP contribution in [0.25, 0.3) is 0 Å². The lowest BCUT2D eigenvalue weighted by molar-refractivity contribution is 0.422. The zero-order valence-corrected chi connectivity index (χ0v) is 12.3. The monoisotopic (exact) mass is 262 g/mol. The molecule has 19 heavy (non-hydrogen) atoms. The third kappa shape index (κ3) is 3.66. The molecule has 0 saturated carbocycles. The maximum atomic E-state index is 5.95. The summed E-state index contributed by atoms with van der Waals surface area (Å²) in [5.41, 5.74) is 7.09. The van der Waals surface area contributed by atoms with E-state index in [-0.39, 0.29) is 6.04 Å². The Kier molecular flexibility index (Phi) is 4.75. The fourth-order valence-electron chi connectivity index (χ4n) is 2.58. The minimum absolute atomic E-state index is 0.214. The van der Waals surface area contributed by atoms with Gasteiger partial charge in [-0.2, -0.15) is 0 Å². The van der Waals surface area contributed by atoms with Gasteiger partial charge >= 0.3 is 0 Å². The largest absolute Gasteiger partial charge is 0.341 e. The molecule has 0 amide bonds. The minimum atomic E-state index is 0.214. The van der Waals surface area contributed by atoms with Crippen molar-refractivity contribution >= 4 is 5.95 Å². The molecule has 0 radical (unpaired) electrons. The van der Waals surface area contributed by atoms with Crippen molar-refractivity contribution in [3.05, 3.63) is 18.0 Å². The Balaban J connectivity index is 1.95. The molecule has 0 aliphatic carbocycles. The number of nitrogens with two attached hydrogens (primary N) is 1. The molecule has 1 aromatic rings. The van der Waals surface area contributed by atoms with E-state index in [2.05, 4.69) is 35.6 Å². The number of hydrogen-bond donors (Lipinski definition) is 1. The summed E-state index contributed by atoms with van der Waals surface area (Å²) in [6.45, 7) is 8.87. The Labute approximate surface area is 116 Å². The summed E-state index contributed by atoms with van der Waals surface area (Å²) in [4.78, 5) is 11.3. The summed E-state index contributed by atoms with van der Waals surface area (Å²) < 4.78 is 0. The van der Waals surface area contributed by atoms with Gasteiger partial charge in [0.05, 0.1) is 0 Å². The van der Waals surface area contributed by atoms with E-state index < -0.39 is 0 Å². The standard InChI is InChI=1S/C15H26N4/c1-4-14(16)7-12-8-17-15(18-9-12)19-6-5-13(10-19)11(2)3/h8-9,11,13-14H,4-7,10,16H2,1-3H3. The van der Waals surface area contributed by atoms with Crippen LogP contribution < -0.4 is 10.6 Å². The van der Waals surface area contributed by atoms with Crippen molar-refractivity contribution in [2.45, 2.75) is 46.1 Å². The lowest BCUT2D eigenvalue weighted by Gasteiger charge is -2.18. The average Bonchev–Trinajstić information content (AvgIpc) is 2.89. The molecule has 0 spiro atoms. The fourth-order valence-corrected chi connectivity index (χ4v) is 2.58. The molecule has 2 heterocycles. The van der Waals surface area contributed by atoms with Crippen molar-refractivity contribution in [1.29, 1.82) is 0 Å². The van der Waals surface area contributed by atoms with Crippen LogP contribution in [0.15, 0.2) is 12.4 Å². The molecular formula is C15H26N4. The van der Waals surface area contributed by atoms with Crippen LogP contribution in [0.5, 0.6) is 0 Å². The van der Waals surface area contributed by atoms with Gasteiger partial charge in [-0.3, -0.25) is 0 Å². The molecule has 2 rings (SSSR count). The minimum Gasteiger partial charge on any atom is -0.341 e. The van der Waals surface area contributed by atoms with E-state index in [1.54, 1.807) is 0 Å². The van der Waals surface area contributed by atoms with Gasteiger partial charge < -0.3 is 10.6 Å². The topological polar surface area (TPSA) is 55.0 Å². The van der Waals surface area contributed by atoms with Crippen LogP contribution in [-0.4, -0.2) is 29.1 Å². The van der Waals surface area contributed by atoms with Crippen molar-refractivity contribution < 1.29 is 0 Å². The first-order chi connectivity index (χ1) is 9.10. The molecule has 1 aromatic heterocycles. The highest BCUT2D eigenvalue weighted by Crippen LogP contribution is 2.26. The number of rotatable bonds is 5. The lowest BCUT2D eigenvalue weighted by atomic mass is 9.95. The molecule has 4 heteroatoms. The van der Waals surface area contributed by atoms with E-state index in [1.807, 2.05) is 12.4 Å². The molecule has 2 unspecified atom stereocenters. The van der Waals surface area contributed by atoms with Gasteiger partial charge in [-0.15, -0.1) is 0 Å². The van der Waals surface area contributed by atoms with Crippen molar-refractivity contribution in [2.24, 2.45) is 17.6 Å². The highest BCUT2D eigenvalue weighted by atomic mass is 15.3. The molecule has 2 N–H and O–H groups in total. The third-order valence-electron chi connectivity index (χ3n) is 4.16. The molecular weight excluding hydrogens is 236 g/mol. The van der Waals surface area contributed by atoms with Gasteiger partial charge in [-0.05, 0) is 36.7 Å². The Morgan fingerprint density at radius 2 is 2.05 bits per heavy atom. The summed E-state index contributed by atoms with van der Waals surface area (Å²) in [7, 11) is 0. The van der Waals surface area contributed by atoms with Crippen LogP contribution in [-0.2, 0) is 6.42 Å². The van der Waals surface area contributed by atoms with Crippen molar-refractivity contribution in [3.63, 3.8) is 0 Å². The number of hydrogen-bond acceptors (Lipinski definition) is 4. The number of nitrogens with zero attached hydrogens (tertiary/aromatic N) is 3. The number of aromatic nitrogens is 2. The Morgan fingerprint density at radius 3 is 2.58 bits per heavy atom. The summed E-state index contributed by atoms with van der Waals surface area (Å²) >= 11 is 0. The van der Waals surface area contributed by atoms with Gasteiger partial charge in [0.2, 0.25) is 5.95 Å². The van der Waals surface area contributed by atoms with Gasteiger partial charge in [-0.1, -0.05) is 20.8 Å². The first-order valence-corrected chi connectivity index (χ1v) is 7.41. The van der Waals surface area contributed by atoms with Crippen LogP contribution in [0.1, 0.15) is 39.2 Å². The molecule has 4 nitrogen and oxygen atoms in total. The quantitative estimate of drug-likeness (QED) is 0.884. The predicted molar refractivity (Wildman–Crippen MR) is 79.2 cm³/mol. The highest BCUT2D eigenvalue weighted by molar-refractivity contribution is 5.31. The van der Waals surface area contributed by atoms with Crippen molar-refractivity contribution in [1.82, 2.24) is 9.97 Å². The zero-order valence-electron chi connectivity index (χ0n) is 12.3. The normalized spacial score (nSPS) is 21.1. The van der Waals surface area contributed by atoms with E-state index in [0.717, 1.165) is 49.3 Å². The number of anilines is 1. The van der Waals surface area contributed by atoms with Gasteiger partial charge in [0.1, 0.15) is 0 Å². The van der Waals surface area contributed by atoms with Crippen molar-refractivity contribution in [3.8, 4) is 0 Å². The molecule has 0 aromatic carbocycles. The Bertz CT molecular complexity index is 388. The smallest absolute Gasteiger partial charge is 0.225 e. The second-order valence-corrected chi connectivity index (χ2v) is 6.00. The Morgan fingerprint density at radius 1 is 1.37 bits per heavy atom. The van der Waals surface area contributed by atoms with E-state index in [0.29, 0.717) is 0 Å². The van der Waals surface area contributed by atoms with E-state index in [1.165, 1.54) is 6.42 Å². The lowest BCUT2D eigenvalue weighted by Crippen LogP contribution is -2.24. The van der Waals surface area contributed by atoms with E-state index in [4.69, 9.17) is 5.73 Å². The third-order valence-corrected chi connectivity index (χ3v) is 4.16. The van der Waals surface area contributed by atoms with Crippen LogP contribution in [0.2, 0.25) is 0 Å². The second-order valence-electron chi connectivity index (χ2n) is 6.00. The van der Waals surface area contributed by atoms with Crippen LogP contribution in [0.4, 0.5) is 5.95 Å². The average molecular weight is 262 g/mol. The molecule has 1 fully saturated rings. The first-order valence-electron chi connectivity index (χ1n) is 7.41. The molecule has 1 aliphatic heterocycles. The molecule has 1 saturated heterocycles. The summed E-state index contributed by atoms with van der Waals surface area (Å²) in [5, 5.41) is 0. The van der Waals surface area contributed by atoms with Gasteiger partial charge in [0.25, 0.3) is 0 Å².